The molecule has 0 aliphatic carbocycles. The van der Waals surface area contributed by atoms with Crippen LogP contribution in [0.1, 0.15) is 54.2 Å². The van der Waals surface area contributed by atoms with Crippen molar-refractivity contribution in [3.8, 4) is 52.0 Å². The molecule has 0 spiro atoms. The molecule has 6 aromatic carbocycles. The van der Waals surface area contributed by atoms with E-state index in [4.69, 9.17) is 37.5 Å². The van der Waals surface area contributed by atoms with E-state index in [9.17, 15) is 41.0 Å². The average Bonchev–Trinajstić information content (AvgIpc) is 1.77. The molecule has 484 valence electrons. The van der Waals surface area contributed by atoms with Crippen molar-refractivity contribution in [1.29, 1.82) is 15.8 Å². The number of sulfonamides is 2. The number of halogens is 2. The normalized spacial score (nSPS) is 13.3. The van der Waals surface area contributed by atoms with Gasteiger partial charge in [-0.3, -0.25) is 14.3 Å². The van der Waals surface area contributed by atoms with Gasteiger partial charge in [-0.15, -0.1) is 11.6 Å². The van der Waals surface area contributed by atoms with Gasteiger partial charge in [-0.05, 0) is 130 Å². The molecule has 5 heterocycles. The number of rotatable bonds is 16. The third kappa shape index (κ3) is 18.5. The fourth-order valence-corrected chi connectivity index (χ4v) is 13.7. The topological polar surface area (TPSA) is 272 Å². The van der Waals surface area contributed by atoms with Gasteiger partial charge < -0.3 is 34.2 Å². The second kappa shape index (κ2) is 32.9. The van der Waals surface area contributed by atoms with Crippen LogP contribution < -0.4 is 20.5 Å². The van der Waals surface area contributed by atoms with E-state index in [2.05, 4.69) is 103 Å². The van der Waals surface area contributed by atoms with Crippen molar-refractivity contribution in [2.45, 2.75) is 61.2 Å². The first-order valence-electron chi connectivity index (χ1n) is 29.9. The fourth-order valence-electron chi connectivity index (χ4n) is 10.8. The Labute approximate surface area is 549 Å². The number of nitriles is 3. The van der Waals surface area contributed by atoms with Crippen molar-refractivity contribution in [3.05, 3.63) is 173 Å². The summed E-state index contributed by atoms with van der Waals surface area (Å²) in [5.74, 6) is -0.0568. The maximum Gasteiger partial charge on any atom is 0.254 e. The van der Waals surface area contributed by atoms with E-state index < -0.39 is 29.1 Å². The van der Waals surface area contributed by atoms with Crippen molar-refractivity contribution in [2.24, 2.45) is 0 Å². The zero-order valence-electron chi connectivity index (χ0n) is 52.5. The van der Waals surface area contributed by atoms with E-state index in [1.165, 1.54) is 5.56 Å². The van der Waals surface area contributed by atoms with Gasteiger partial charge in [0.15, 0.2) is 0 Å². The number of ether oxygens (including phenoxy) is 2. The number of nitrogens with two attached hydrogens (primary N) is 1. The van der Waals surface area contributed by atoms with Crippen LogP contribution in [0.15, 0.2) is 139 Å². The quantitative estimate of drug-likeness (QED) is 0.0398. The van der Waals surface area contributed by atoms with Crippen LogP contribution in [0, 0.1) is 54.8 Å². The van der Waals surface area contributed by atoms with Gasteiger partial charge >= 0.3 is 0 Å². The fraction of sp³-hybridized carbons (Fsp3) is 0.309. The van der Waals surface area contributed by atoms with Gasteiger partial charge in [-0.2, -0.15) is 15.8 Å². The van der Waals surface area contributed by atoms with Gasteiger partial charge in [0, 0.05) is 108 Å². The summed E-state index contributed by atoms with van der Waals surface area (Å²) in [5.41, 5.74) is 21.5. The first kappa shape index (κ1) is 71.3. The lowest BCUT2D eigenvalue weighted by Gasteiger charge is -2.26. The van der Waals surface area contributed by atoms with Crippen molar-refractivity contribution in [2.75, 3.05) is 91.7 Å². The Morgan fingerprint density at radius 1 is 0.565 bits per heavy atom. The number of nitrogens with zero attached hydrogens (tertiary/aromatic N) is 7. The minimum absolute atomic E-state index is 0.0385. The molecule has 19 nitrogen and oxygen atoms in total. The van der Waals surface area contributed by atoms with Gasteiger partial charge in [-0.1, -0.05) is 79.4 Å². The van der Waals surface area contributed by atoms with Crippen LogP contribution in [0.25, 0.3) is 66.5 Å². The molecular formula is C68H77Cl2N11O8S3. The van der Waals surface area contributed by atoms with Crippen molar-refractivity contribution in [3.63, 3.8) is 0 Å². The van der Waals surface area contributed by atoms with Crippen LogP contribution in [0.2, 0.25) is 0 Å². The number of nitrogens with one attached hydrogen (secondary N) is 3. The van der Waals surface area contributed by atoms with Gasteiger partial charge in [0.25, 0.3) is 10.0 Å². The zero-order chi connectivity index (χ0) is 66.8. The summed E-state index contributed by atoms with van der Waals surface area (Å²) in [4.78, 5) is 2.10. The van der Waals surface area contributed by atoms with Gasteiger partial charge in [0.2, 0.25) is 19.1 Å². The minimum atomic E-state index is -3.54. The van der Waals surface area contributed by atoms with E-state index in [-0.39, 0.29) is 17.4 Å². The first-order chi connectivity index (χ1) is 44.0. The van der Waals surface area contributed by atoms with E-state index >= 15 is 0 Å². The molecule has 2 fully saturated rings. The number of anilines is 3. The number of aromatic nitrogens is 3. The van der Waals surface area contributed by atoms with Gasteiger partial charge in [0.1, 0.15) is 18.2 Å². The zero-order valence-corrected chi connectivity index (χ0v) is 56.4. The predicted molar refractivity (Wildman–Crippen MR) is 373 cm³/mol. The predicted octanol–water partition coefficient (Wildman–Crippen LogP) is 12.5. The third-order valence-corrected chi connectivity index (χ3v) is 18.9. The van der Waals surface area contributed by atoms with Crippen LogP contribution in [0.5, 0.6) is 0 Å². The first-order valence-corrected chi connectivity index (χ1v) is 36.1. The lowest BCUT2D eigenvalue weighted by Crippen LogP contribution is -2.39. The highest BCUT2D eigenvalue weighted by Gasteiger charge is 2.22. The highest BCUT2D eigenvalue weighted by atomic mass is 35.7. The SMILES string of the molecule is C1COCCN1.C=CS(=O)(=O)Nc1ccc(-c2c(C#N)c3ccc(C)cc3n2CC)cc1.CCn1c(-c2ccc(N)cc2)c(C#N)c2ccc(C)cc21.CCn1c(-c2ccc(NS(=O)(=O)CCN3CCOCC3)cc2)c(C#N)c2ccc(C)cc21.O=S(=O)(Cl)CCCl. The van der Waals surface area contributed by atoms with Crippen LogP contribution in [-0.2, 0) is 58.2 Å². The molecule has 24 heteroatoms. The van der Waals surface area contributed by atoms with Crippen molar-refractivity contribution >= 4 is 101 Å². The van der Waals surface area contributed by atoms with E-state index in [0.29, 0.717) is 42.3 Å². The number of morpholine rings is 2. The van der Waals surface area contributed by atoms with Crippen molar-refractivity contribution in [1.82, 2.24) is 23.9 Å². The molecule has 0 unspecified atom stereocenters. The molecule has 0 amide bonds. The molecule has 2 aliphatic heterocycles. The maximum absolute atomic E-state index is 12.5. The maximum atomic E-state index is 12.5. The minimum Gasteiger partial charge on any atom is -0.399 e. The Morgan fingerprint density at radius 3 is 1.24 bits per heavy atom. The summed E-state index contributed by atoms with van der Waals surface area (Å²) in [6.07, 6.45) is 0. The van der Waals surface area contributed by atoms with Gasteiger partial charge in [-0.25, -0.2) is 25.3 Å². The Kier molecular flexibility index (Phi) is 25.5. The number of hydrogen-bond acceptors (Lipinski definition) is 14. The Hall–Kier alpha value is -8.18. The molecule has 5 N–H and O–H groups in total. The number of benzene rings is 6. The highest BCUT2D eigenvalue weighted by Crippen LogP contribution is 2.38. The molecule has 2 saturated heterocycles. The van der Waals surface area contributed by atoms with Crippen LogP contribution in [0.3, 0.4) is 0 Å². The van der Waals surface area contributed by atoms with E-state index in [0.717, 1.165) is 153 Å². The monoisotopic (exact) mass is 1340 g/mol. The molecule has 0 saturated carbocycles. The highest BCUT2D eigenvalue weighted by molar-refractivity contribution is 8.13. The lowest BCUT2D eigenvalue weighted by molar-refractivity contribution is 0.0408. The molecule has 11 rings (SSSR count). The van der Waals surface area contributed by atoms with Crippen LogP contribution >= 0.6 is 22.3 Å². The summed E-state index contributed by atoms with van der Waals surface area (Å²) >= 11 is 5.02. The summed E-state index contributed by atoms with van der Waals surface area (Å²) in [5, 5.41) is 36.1. The largest absolute Gasteiger partial charge is 0.399 e. The molecular weight excluding hydrogens is 1270 g/mol. The standard InChI is InChI=1S/C24H28N4O3S.C20H19N3O2S.C18H17N3.C4H9NO.C2H4Cl2O2S/c1-3-28-23-16-18(2)4-9-21(23)22(17-25)24(28)19-5-7-20(8-6-19)26-32(29,30)15-12-27-10-13-31-14-11-27;1-4-23-19-12-14(3)6-11-17(19)18(13-21)20(23)15-7-9-16(10-8-15)22-26(24,25)5-2;1-3-21-17-10-12(2)4-9-15(17)16(11-19)18(21)13-5-7-14(20)8-6-13;1-3-6-4-2-5-1;3-1-2-7(4,5)6/h4-9,16,26H,3,10-15H2,1-2H3;5-12,22H,2,4H2,1,3H3;4-10H,3,20H2,1-2H3;5H,1-4H2;1-2H2. The second-order valence-electron chi connectivity index (χ2n) is 21.6. The number of fused-ring (bicyclic) bond motifs is 3. The summed E-state index contributed by atoms with van der Waals surface area (Å²) in [6, 6.07) is 47.4. The number of alkyl halides is 1. The lowest BCUT2D eigenvalue weighted by atomic mass is 10.1. The smallest absolute Gasteiger partial charge is 0.254 e. The third-order valence-electron chi connectivity index (χ3n) is 15.1. The number of nitrogen functional groups attached to an aromatic ring is 1. The molecule has 2 aliphatic rings. The van der Waals surface area contributed by atoms with Gasteiger partial charge in [0.05, 0.1) is 88.3 Å². The number of hydrogen-bond donors (Lipinski definition) is 4. The summed E-state index contributed by atoms with van der Waals surface area (Å²) in [7, 11) is -5.61. The van der Waals surface area contributed by atoms with Crippen LogP contribution in [-0.4, -0.2) is 120 Å². The van der Waals surface area contributed by atoms with Crippen molar-refractivity contribution < 1.29 is 34.7 Å². The molecule has 3 aromatic heterocycles. The van der Waals surface area contributed by atoms with E-state index in [1.54, 1.807) is 24.3 Å². The Balaban J connectivity index is 0.000000180. The van der Waals surface area contributed by atoms with E-state index in [1.807, 2.05) is 99.6 Å². The van der Waals surface area contributed by atoms with Crippen LogP contribution in [0.4, 0.5) is 17.1 Å². The summed E-state index contributed by atoms with van der Waals surface area (Å²) in [6.45, 7) is 25.0. The number of aryl methyl sites for hydroxylation is 6. The Morgan fingerprint density at radius 2 is 0.935 bits per heavy atom. The average molecular weight is 1340 g/mol. The molecule has 9 aromatic rings. The molecule has 0 radical (unpaired) electrons. The molecule has 0 atom stereocenters. The Bertz CT molecular complexity index is 4510. The second-order valence-corrected chi connectivity index (χ2v) is 28.3. The molecule has 92 heavy (non-hydrogen) atoms. The summed E-state index contributed by atoms with van der Waals surface area (Å²) < 4.78 is 89.9. The molecule has 0 bridgehead atoms.